The molecule has 94 valence electrons. The molecule has 0 aliphatic heterocycles. The largest absolute Gasteiger partial charge is 0.491 e. The second kappa shape index (κ2) is 6.61. The monoisotopic (exact) mass is 300 g/mol. The standard InChI is InChI=1S/C12H17BrN2O2/c1-8(12(14)16)7-17-11-9(6-15-2)4-3-5-10(11)13/h3-5,8,15H,6-7H2,1-2H3,(H2,14,16). The van der Waals surface area contributed by atoms with Crippen molar-refractivity contribution < 1.29 is 9.53 Å². The molecule has 0 aliphatic carbocycles. The maximum atomic E-state index is 10.9. The third kappa shape index (κ3) is 4.02. The molecule has 4 nitrogen and oxygen atoms in total. The normalized spacial score (nSPS) is 12.2. The fourth-order valence-corrected chi connectivity index (χ4v) is 1.86. The minimum absolute atomic E-state index is 0.286. The topological polar surface area (TPSA) is 64.3 Å². The summed E-state index contributed by atoms with van der Waals surface area (Å²) in [5, 5.41) is 3.07. The Kier molecular flexibility index (Phi) is 5.44. The van der Waals surface area contributed by atoms with Gasteiger partial charge in [0.1, 0.15) is 5.75 Å². The molecule has 1 atom stereocenters. The van der Waals surface area contributed by atoms with Gasteiger partial charge >= 0.3 is 0 Å². The van der Waals surface area contributed by atoms with Gasteiger partial charge in [-0.15, -0.1) is 0 Å². The number of halogens is 1. The van der Waals surface area contributed by atoms with Crippen LogP contribution in [0.4, 0.5) is 0 Å². The number of para-hydroxylation sites is 1. The molecular formula is C12H17BrN2O2. The molecule has 1 aromatic rings. The first kappa shape index (κ1) is 14.0. The van der Waals surface area contributed by atoms with Crippen molar-refractivity contribution in [3.05, 3.63) is 28.2 Å². The lowest BCUT2D eigenvalue weighted by atomic mass is 10.2. The van der Waals surface area contributed by atoms with Crippen LogP contribution in [0.3, 0.4) is 0 Å². The van der Waals surface area contributed by atoms with Crippen LogP contribution in [0.15, 0.2) is 22.7 Å². The highest BCUT2D eigenvalue weighted by molar-refractivity contribution is 9.10. The number of rotatable bonds is 6. The lowest BCUT2D eigenvalue weighted by molar-refractivity contribution is -0.122. The van der Waals surface area contributed by atoms with E-state index in [0.29, 0.717) is 6.54 Å². The molecule has 1 unspecified atom stereocenters. The molecule has 3 N–H and O–H groups in total. The summed E-state index contributed by atoms with van der Waals surface area (Å²) < 4.78 is 6.53. The van der Waals surface area contributed by atoms with Gasteiger partial charge in [0, 0.05) is 12.1 Å². The number of carbonyl (C=O) groups is 1. The van der Waals surface area contributed by atoms with Crippen LogP contribution < -0.4 is 15.8 Å². The van der Waals surface area contributed by atoms with E-state index < -0.39 is 0 Å². The van der Waals surface area contributed by atoms with Crippen molar-refractivity contribution in [1.82, 2.24) is 5.32 Å². The van der Waals surface area contributed by atoms with Crippen LogP contribution in [0, 0.1) is 5.92 Å². The lowest BCUT2D eigenvalue weighted by Gasteiger charge is -2.15. The van der Waals surface area contributed by atoms with E-state index in [1.807, 2.05) is 25.2 Å². The first-order chi connectivity index (χ1) is 8.06. The van der Waals surface area contributed by atoms with E-state index in [0.717, 1.165) is 15.8 Å². The average molecular weight is 301 g/mol. The molecule has 0 radical (unpaired) electrons. The Labute approximate surface area is 110 Å². The molecule has 0 saturated heterocycles. The first-order valence-electron chi connectivity index (χ1n) is 5.40. The second-order valence-electron chi connectivity index (χ2n) is 3.87. The molecule has 0 fully saturated rings. The molecule has 0 aromatic heterocycles. The molecule has 0 bridgehead atoms. The molecule has 1 aromatic carbocycles. The Bertz CT molecular complexity index is 396. The van der Waals surface area contributed by atoms with Crippen LogP contribution >= 0.6 is 15.9 Å². The van der Waals surface area contributed by atoms with Crippen LogP contribution in [-0.2, 0) is 11.3 Å². The number of hydrogen-bond donors (Lipinski definition) is 2. The number of nitrogens with one attached hydrogen (secondary N) is 1. The number of amides is 1. The summed E-state index contributed by atoms with van der Waals surface area (Å²) in [4.78, 5) is 10.9. The molecule has 0 aliphatic rings. The van der Waals surface area contributed by atoms with Gasteiger partial charge in [-0.1, -0.05) is 19.1 Å². The zero-order valence-corrected chi connectivity index (χ0v) is 11.6. The molecule has 0 heterocycles. The van der Waals surface area contributed by atoms with Crippen molar-refractivity contribution in [2.45, 2.75) is 13.5 Å². The summed E-state index contributed by atoms with van der Waals surface area (Å²) in [6.07, 6.45) is 0. The summed E-state index contributed by atoms with van der Waals surface area (Å²) in [5.41, 5.74) is 6.23. The Morgan fingerprint density at radius 1 is 1.59 bits per heavy atom. The van der Waals surface area contributed by atoms with E-state index >= 15 is 0 Å². The van der Waals surface area contributed by atoms with Gasteiger partial charge in [-0.3, -0.25) is 4.79 Å². The van der Waals surface area contributed by atoms with E-state index in [-0.39, 0.29) is 18.4 Å². The number of carbonyl (C=O) groups excluding carboxylic acids is 1. The Morgan fingerprint density at radius 3 is 2.88 bits per heavy atom. The zero-order chi connectivity index (χ0) is 12.8. The van der Waals surface area contributed by atoms with E-state index in [1.165, 1.54) is 0 Å². The zero-order valence-electron chi connectivity index (χ0n) is 10.00. The SMILES string of the molecule is CNCc1cccc(Br)c1OCC(C)C(N)=O. The fourth-order valence-electron chi connectivity index (χ4n) is 1.34. The number of benzene rings is 1. The molecule has 17 heavy (non-hydrogen) atoms. The highest BCUT2D eigenvalue weighted by Crippen LogP contribution is 2.29. The predicted octanol–water partition coefficient (Wildman–Crippen LogP) is 1.67. The van der Waals surface area contributed by atoms with E-state index in [2.05, 4.69) is 21.2 Å². The van der Waals surface area contributed by atoms with Gasteiger partial charge in [-0.25, -0.2) is 0 Å². The summed E-state index contributed by atoms with van der Waals surface area (Å²) in [5.74, 6) is 0.103. The maximum Gasteiger partial charge on any atom is 0.223 e. The van der Waals surface area contributed by atoms with Gasteiger partial charge in [-0.05, 0) is 29.0 Å². The average Bonchev–Trinajstić information content (AvgIpc) is 2.28. The van der Waals surface area contributed by atoms with Gasteiger partial charge in [0.05, 0.1) is 17.0 Å². The van der Waals surface area contributed by atoms with Crippen LogP contribution in [-0.4, -0.2) is 19.6 Å². The number of primary amides is 1. The smallest absolute Gasteiger partial charge is 0.223 e. The van der Waals surface area contributed by atoms with Crippen molar-refractivity contribution >= 4 is 21.8 Å². The number of nitrogens with two attached hydrogens (primary N) is 1. The molecular weight excluding hydrogens is 284 g/mol. The van der Waals surface area contributed by atoms with Gasteiger partial charge in [0.25, 0.3) is 0 Å². The minimum atomic E-state index is -0.354. The molecule has 5 heteroatoms. The highest BCUT2D eigenvalue weighted by atomic mass is 79.9. The lowest BCUT2D eigenvalue weighted by Crippen LogP contribution is -2.26. The van der Waals surface area contributed by atoms with E-state index in [9.17, 15) is 4.79 Å². The summed E-state index contributed by atoms with van der Waals surface area (Å²) >= 11 is 3.44. The Balaban J connectivity index is 2.78. The summed E-state index contributed by atoms with van der Waals surface area (Å²) in [6.45, 7) is 2.74. The third-order valence-electron chi connectivity index (χ3n) is 2.38. The molecule has 0 spiro atoms. The third-order valence-corrected chi connectivity index (χ3v) is 3.00. The fraction of sp³-hybridized carbons (Fsp3) is 0.417. The van der Waals surface area contributed by atoms with Crippen molar-refractivity contribution in [2.75, 3.05) is 13.7 Å². The minimum Gasteiger partial charge on any atom is -0.491 e. The van der Waals surface area contributed by atoms with Crippen molar-refractivity contribution in [2.24, 2.45) is 11.7 Å². The van der Waals surface area contributed by atoms with Crippen molar-refractivity contribution in [3.8, 4) is 5.75 Å². The Hall–Kier alpha value is -1.07. The quantitative estimate of drug-likeness (QED) is 0.840. The highest BCUT2D eigenvalue weighted by Gasteiger charge is 2.12. The van der Waals surface area contributed by atoms with Crippen molar-refractivity contribution in [3.63, 3.8) is 0 Å². The van der Waals surface area contributed by atoms with Crippen LogP contribution in [0.5, 0.6) is 5.75 Å². The maximum absolute atomic E-state index is 10.9. The molecule has 1 amide bonds. The summed E-state index contributed by atoms with van der Waals surface area (Å²) in [7, 11) is 1.87. The predicted molar refractivity (Wildman–Crippen MR) is 70.8 cm³/mol. The second-order valence-corrected chi connectivity index (χ2v) is 4.73. The van der Waals surface area contributed by atoms with Gasteiger partial charge < -0.3 is 15.8 Å². The van der Waals surface area contributed by atoms with E-state index in [1.54, 1.807) is 6.92 Å². The van der Waals surface area contributed by atoms with Crippen molar-refractivity contribution in [1.29, 1.82) is 0 Å². The van der Waals surface area contributed by atoms with Gasteiger partial charge in [0.2, 0.25) is 5.91 Å². The number of hydrogen-bond acceptors (Lipinski definition) is 3. The van der Waals surface area contributed by atoms with E-state index in [4.69, 9.17) is 10.5 Å². The number of ether oxygens (including phenoxy) is 1. The van der Waals surface area contributed by atoms with Crippen LogP contribution in [0.2, 0.25) is 0 Å². The summed E-state index contributed by atoms with van der Waals surface area (Å²) in [6, 6.07) is 5.83. The van der Waals surface area contributed by atoms with Gasteiger partial charge in [0.15, 0.2) is 0 Å². The molecule has 1 rings (SSSR count). The van der Waals surface area contributed by atoms with Crippen LogP contribution in [0.1, 0.15) is 12.5 Å². The molecule has 0 saturated carbocycles. The van der Waals surface area contributed by atoms with Crippen LogP contribution in [0.25, 0.3) is 0 Å². The Morgan fingerprint density at radius 2 is 2.29 bits per heavy atom. The van der Waals surface area contributed by atoms with Gasteiger partial charge in [-0.2, -0.15) is 0 Å². The first-order valence-corrected chi connectivity index (χ1v) is 6.19.